The smallest absolute Gasteiger partial charge is 0.123 e. The number of para-hydroxylation sites is 1. The fourth-order valence-corrected chi connectivity index (χ4v) is 2.41. The van der Waals surface area contributed by atoms with Gasteiger partial charge in [0.2, 0.25) is 0 Å². The van der Waals surface area contributed by atoms with Crippen molar-refractivity contribution in [1.82, 2.24) is 9.78 Å². The van der Waals surface area contributed by atoms with Crippen molar-refractivity contribution in [3.05, 3.63) is 83.4 Å². The first kappa shape index (κ1) is 13.5. The minimum Gasteiger partial charge on any atom is -0.382 e. The van der Waals surface area contributed by atoms with Crippen molar-refractivity contribution < 1.29 is 9.50 Å². The molecule has 0 aliphatic rings. The number of rotatable bonds is 3. The monoisotopic (exact) mass is 282 g/mol. The maximum atomic E-state index is 13.2. The van der Waals surface area contributed by atoms with Gasteiger partial charge < -0.3 is 5.11 Å². The van der Waals surface area contributed by atoms with Crippen molar-refractivity contribution >= 4 is 0 Å². The van der Waals surface area contributed by atoms with Crippen LogP contribution in [-0.4, -0.2) is 14.9 Å². The number of hydrogen-bond acceptors (Lipinski definition) is 2. The molecule has 106 valence electrons. The van der Waals surface area contributed by atoms with Crippen molar-refractivity contribution in [2.24, 2.45) is 0 Å². The molecule has 0 aliphatic carbocycles. The summed E-state index contributed by atoms with van der Waals surface area (Å²) >= 11 is 0. The summed E-state index contributed by atoms with van der Waals surface area (Å²) in [5.74, 6) is -0.306. The summed E-state index contributed by atoms with van der Waals surface area (Å²) in [7, 11) is 0. The van der Waals surface area contributed by atoms with Crippen LogP contribution in [0.3, 0.4) is 0 Å². The highest BCUT2D eigenvalue weighted by Crippen LogP contribution is 2.26. The second-order valence-corrected chi connectivity index (χ2v) is 4.91. The van der Waals surface area contributed by atoms with Crippen molar-refractivity contribution in [1.29, 1.82) is 0 Å². The second-order valence-electron chi connectivity index (χ2n) is 4.91. The summed E-state index contributed by atoms with van der Waals surface area (Å²) < 4.78 is 14.9. The Balaban J connectivity index is 2.03. The fraction of sp³-hybridized carbons (Fsp3) is 0.118. The third-order valence-corrected chi connectivity index (χ3v) is 3.48. The van der Waals surface area contributed by atoms with Crippen LogP contribution in [0.1, 0.15) is 22.9 Å². The van der Waals surface area contributed by atoms with Gasteiger partial charge in [0.15, 0.2) is 0 Å². The number of benzene rings is 2. The van der Waals surface area contributed by atoms with E-state index in [2.05, 4.69) is 5.10 Å². The molecule has 4 heteroatoms. The number of nitrogens with zero attached hydrogens (tertiary/aromatic N) is 2. The number of aliphatic hydroxyl groups excluding tert-OH is 1. The molecule has 3 aromatic rings. The molecule has 2 aromatic carbocycles. The Morgan fingerprint density at radius 3 is 2.57 bits per heavy atom. The van der Waals surface area contributed by atoms with E-state index in [9.17, 15) is 9.50 Å². The first-order valence-electron chi connectivity index (χ1n) is 6.70. The molecule has 0 saturated heterocycles. The molecule has 1 atom stereocenters. The van der Waals surface area contributed by atoms with Gasteiger partial charge in [-0.05, 0) is 48.4 Å². The summed E-state index contributed by atoms with van der Waals surface area (Å²) in [5.41, 5.74) is 2.91. The van der Waals surface area contributed by atoms with Gasteiger partial charge in [0.1, 0.15) is 11.9 Å². The molecule has 1 N–H and O–H groups in total. The van der Waals surface area contributed by atoms with Gasteiger partial charge >= 0.3 is 0 Å². The SMILES string of the molecule is Cc1cc(F)ccc1C(O)c1ccnn1-c1ccccc1. The summed E-state index contributed by atoms with van der Waals surface area (Å²) in [4.78, 5) is 0. The Morgan fingerprint density at radius 1 is 1.10 bits per heavy atom. The van der Waals surface area contributed by atoms with Crippen LogP contribution in [0.15, 0.2) is 60.8 Å². The van der Waals surface area contributed by atoms with Crippen LogP contribution in [0.4, 0.5) is 4.39 Å². The average molecular weight is 282 g/mol. The van der Waals surface area contributed by atoms with E-state index in [-0.39, 0.29) is 5.82 Å². The van der Waals surface area contributed by atoms with E-state index in [0.29, 0.717) is 16.8 Å². The molecule has 0 aliphatic heterocycles. The highest BCUT2D eigenvalue weighted by atomic mass is 19.1. The number of halogens is 1. The second kappa shape index (κ2) is 5.50. The largest absolute Gasteiger partial charge is 0.382 e. The predicted octanol–water partition coefficient (Wildman–Crippen LogP) is 3.40. The van der Waals surface area contributed by atoms with Gasteiger partial charge in [-0.3, -0.25) is 0 Å². The van der Waals surface area contributed by atoms with Gasteiger partial charge in [-0.2, -0.15) is 5.10 Å². The normalized spacial score (nSPS) is 12.3. The maximum Gasteiger partial charge on any atom is 0.123 e. The van der Waals surface area contributed by atoms with E-state index in [1.807, 2.05) is 30.3 Å². The van der Waals surface area contributed by atoms with E-state index in [1.165, 1.54) is 12.1 Å². The molecule has 0 bridgehead atoms. The van der Waals surface area contributed by atoms with Crippen LogP contribution in [-0.2, 0) is 0 Å². The molecule has 0 radical (unpaired) electrons. The van der Waals surface area contributed by atoms with Crippen molar-refractivity contribution in [3.63, 3.8) is 0 Å². The Labute approximate surface area is 122 Å². The lowest BCUT2D eigenvalue weighted by atomic mass is 10.0. The first-order chi connectivity index (χ1) is 10.2. The number of aryl methyl sites for hydroxylation is 1. The van der Waals surface area contributed by atoms with Crippen LogP contribution >= 0.6 is 0 Å². The van der Waals surface area contributed by atoms with Crippen molar-refractivity contribution in [3.8, 4) is 5.69 Å². The lowest BCUT2D eigenvalue weighted by molar-refractivity contribution is 0.211. The van der Waals surface area contributed by atoms with Crippen LogP contribution in [0.5, 0.6) is 0 Å². The third kappa shape index (κ3) is 2.58. The maximum absolute atomic E-state index is 13.2. The quantitative estimate of drug-likeness (QED) is 0.799. The van der Waals surface area contributed by atoms with E-state index < -0.39 is 6.10 Å². The number of hydrogen-bond donors (Lipinski definition) is 1. The van der Waals surface area contributed by atoms with E-state index in [1.54, 1.807) is 29.9 Å². The molecule has 3 nitrogen and oxygen atoms in total. The molecule has 1 aromatic heterocycles. The molecule has 21 heavy (non-hydrogen) atoms. The summed E-state index contributed by atoms with van der Waals surface area (Å²) in [6.07, 6.45) is 0.790. The molecule has 0 spiro atoms. The molecule has 0 fully saturated rings. The Bertz CT molecular complexity index is 752. The summed E-state index contributed by atoms with van der Waals surface area (Å²) in [6.45, 7) is 1.78. The van der Waals surface area contributed by atoms with Gasteiger partial charge in [0, 0.05) is 6.20 Å². The molecular weight excluding hydrogens is 267 g/mol. The molecule has 3 rings (SSSR count). The topological polar surface area (TPSA) is 38.1 Å². The van der Waals surface area contributed by atoms with E-state index in [4.69, 9.17) is 0 Å². The van der Waals surface area contributed by atoms with Gasteiger partial charge in [0.25, 0.3) is 0 Å². The zero-order chi connectivity index (χ0) is 14.8. The molecule has 1 heterocycles. The van der Waals surface area contributed by atoms with E-state index in [0.717, 1.165) is 5.69 Å². The fourth-order valence-electron chi connectivity index (χ4n) is 2.41. The van der Waals surface area contributed by atoms with Gasteiger partial charge in [0.05, 0.1) is 11.4 Å². The third-order valence-electron chi connectivity index (χ3n) is 3.48. The number of aliphatic hydroxyl groups is 1. The van der Waals surface area contributed by atoms with Crippen LogP contribution < -0.4 is 0 Å². The minimum absolute atomic E-state index is 0.306. The molecular formula is C17H15FN2O. The number of aromatic nitrogens is 2. The lowest BCUT2D eigenvalue weighted by Gasteiger charge is -2.16. The highest BCUT2D eigenvalue weighted by Gasteiger charge is 2.18. The highest BCUT2D eigenvalue weighted by molar-refractivity contribution is 5.38. The molecule has 0 saturated carbocycles. The minimum atomic E-state index is -0.853. The Hall–Kier alpha value is -2.46. The van der Waals surface area contributed by atoms with Gasteiger partial charge in [-0.15, -0.1) is 0 Å². The lowest BCUT2D eigenvalue weighted by Crippen LogP contribution is -2.09. The predicted molar refractivity (Wildman–Crippen MR) is 78.8 cm³/mol. The van der Waals surface area contributed by atoms with Gasteiger partial charge in [-0.1, -0.05) is 24.3 Å². The summed E-state index contributed by atoms with van der Waals surface area (Å²) in [6, 6.07) is 15.7. The zero-order valence-electron chi connectivity index (χ0n) is 11.6. The summed E-state index contributed by atoms with van der Waals surface area (Å²) in [5, 5.41) is 14.9. The Kier molecular flexibility index (Phi) is 3.54. The first-order valence-corrected chi connectivity index (χ1v) is 6.70. The average Bonchev–Trinajstić information content (AvgIpc) is 2.97. The van der Waals surface area contributed by atoms with E-state index >= 15 is 0 Å². The van der Waals surface area contributed by atoms with Crippen LogP contribution in [0.25, 0.3) is 5.69 Å². The van der Waals surface area contributed by atoms with Crippen molar-refractivity contribution in [2.75, 3.05) is 0 Å². The molecule has 1 unspecified atom stereocenters. The standard InChI is InChI=1S/C17H15FN2O/c1-12-11-13(18)7-8-15(12)17(21)16-9-10-19-20(16)14-5-3-2-4-6-14/h2-11,17,21H,1H3. The van der Waals surface area contributed by atoms with Crippen molar-refractivity contribution in [2.45, 2.75) is 13.0 Å². The van der Waals surface area contributed by atoms with Crippen LogP contribution in [0, 0.1) is 12.7 Å². The molecule has 0 amide bonds. The van der Waals surface area contributed by atoms with Gasteiger partial charge in [-0.25, -0.2) is 9.07 Å². The Morgan fingerprint density at radius 2 is 1.86 bits per heavy atom. The van der Waals surface area contributed by atoms with Crippen LogP contribution in [0.2, 0.25) is 0 Å². The zero-order valence-corrected chi connectivity index (χ0v) is 11.6.